The van der Waals surface area contributed by atoms with Crippen LogP contribution in [0.1, 0.15) is 6.92 Å². The number of likely N-dealkylation sites (tertiary alicyclic amines) is 1. The molecule has 32 heavy (non-hydrogen) atoms. The van der Waals surface area contributed by atoms with Crippen molar-refractivity contribution < 1.29 is 23.8 Å². The van der Waals surface area contributed by atoms with Crippen LogP contribution in [0.15, 0.2) is 36.7 Å². The zero-order valence-electron chi connectivity index (χ0n) is 17.8. The molecule has 1 unspecified atom stereocenters. The quantitative estimate of drug-likeness (QED) is 0.639. The topological polar surface area (TPSA) is 100 Å². The third-order valence-electron chi connectivity index (χ3n) is 6.33. The van der Waals surface area contributed by atoms with E-state index < -0.39 is 23.3 Å². The van der Waals surface area contributed by atoms with Crippen LogP contribution in [0.2, 0.25) is 0 Å². The average Bonchev–Trinajstić information content (AvgIpc) is 3.14. The van der Waals surface area contributed by atoms with Crippen molar-refractivity contribution in [3.05, 3.63) is 42.5 Å². The van der Waals surface area contributed by atoms with Crippen LogP contribution >= 0.6 is 0 Å². The second-order valence-electron chi connectivity index (χ2n) is 8.14. The maximum atomic E-state index is 14.3. The number of phenolic OH excluding ortho intramolecular Hbond substituents is 1. The Kier molecular flexibility index (Phi) is 4.55. The van der Waals surface area contributed by atoms with Gasteiger partial charge >= 0.3 is 6.09 Å². The highest BCUT2D eigenvalue weighted by molar-refractivity contribution is 6.00. The number of amides is 1. The minimum absolute atomic E-state index is 0.0632. The summed E-state index contributed by atoms with van der Waals surface area (Å²) < 4.78 is 25.6. The Balaban J connectivity index is 1.57. The van der Waals surface area contributed by atoms with E-state index in [0.29, 0.717) is 41.2 Å². The fourth-order valence-electron chi connectivity index (χ4n) is 4.35. The van der Waals surface area contributed by atoms with Crippen LogP contribution in [0, 0.1) is 5.82 Å². The number of phenols is 1. The van der Waals surface area contributed by atoms with Crippen molar-refractivity contribution in [1.29, 1.82) is 0 Å². The Morgan fingerprint density at radius 2 is 2.12 bits per heavy atom. The smallest absolute Gasteiger partial charge is 0.415 e. The van der Waals surface area contributed by atoms with Gasteiger partial charge in [0.25, 0.3) is 0 Å². The number of halogens is 1. The van der Waals surface area contributed by atoms with Gasteiger partial charge in [0.2, 0.25) is 0 Å². The van der Waals surface area contributed by atoms with Gasteiger partial charge in [0.1, 0.15) is 17.9 Å². The summed E-state index contributed by atoms with van der Waals surface area (Å²) in [4.78, 5) is 25.0. The van der Waals surface area contributed by atoms with Crippen LogP contribution in [-0.4, -0.2) is 65.0 Å². The van der Waals surface area contributed by atoms with E-state index in [4.69, 9.17) is 9.47 Å². The van der Waals surface area contributed by atoms with Gasteiger partial charge in [-0.1, -0.05) is 6.07 Å². The highest BCUT2D eigenvalue weighted by Gasteiger charge is 2.58. The SMILES string of the molecule is COc1cc2ncnc(Nc3cccc(O)c3F)c2cc1N1CC2(CN(C)[C@@H]2C)OC1=O. The summed E-state index contributed by atoms with van der Waals surface area (Å²) in [6.45, 7) is 3.06. The van der Waals surface area contributed by atoms with Crippen molar-refractivity contribution in [1.82, 2.24) is 14.9 Å². The van der Waals surface area contributed by atoms with Gasteiger partial charge in [0.05, 0.1) is 30.5 Å². The predicted octanol–water partition coefficient (Wildman–Crippen LogP) is 3.26. The molecule has 2 aliphatic rings. The van der Waals surface area contributed by atoms with Crippen molar-refractivity contribution in [2.75, 3.05) is 37.5 Å². The fraction of sp³-hybridized carbons (Fsp3) is 0.318. The van der Waals surface area contributed by atoms with E-state index in [-0.39, 0.29) is 11.7 Å². The van der Waals surface area contributed by atoms with E-state index in [1.165, 1.54) is 31.6 Å². The molecule has 2 saturated heterocycles. The first-order valence-corrected chi connectivity index (χ1v) is 10.1. The molecule has 2 N–H and O–H groups in total. The largest absolute Gasteiger partial charge is 0.505 e. The van der Waals surface area contributed by atoms with E-state index in [0.717, 1.165) is 0 Å². The number of rotatable bonds is 4. The zero-order valence-corrected chi connectivity index (χ0v) is 17.8. The summed E-state index contributed by atoms with van der Waals surface area (Å²) in [5.41, 5.74) is 0.555. The Bertz CT molecular complexity index is 1240. The van der Waals surface area contributed by atoms with Crippen LogP contribution in [0.4, 0.5) is 26.4 Å². The summed E-state index contributed by atoms with van der Waals surface area (Å²) in [5, 5.41) is 13.1. The number of methoxy groups -OCH3 is 1. The number of hydrogen-bond donors (Lipinski definition) is 2. The number of aromatic nitrogens is 2. The number of ether oxygens (including phenoxy) is 2. The zero-order chi connectivity index (χ0) is 22.6. The second-order valence-corrected chi connectivity index (χ2v) is 8.14. The molecule has 0 saturated carbocycles. The standard InChI is InChI=1S/C22H22FN5O4/c1-12-22(9-27(12)2)10-28(21(30)32-22)16-7-13-15(8-18(16)31-3)24-11-25-20(13)26-14-5-4-6-17(29)19(14)23/h4-8,11-12,29H,9-10H2,1-3H3,(H,24,25,26)/t12-,22?/m1/s1. The van der Waals surface area contributed by atoms with Gasteiger partial charge in [-0.2, -0.15) is 0 Å². The minimum Gasteiger partial charge on any atom is -0.505 e. The van der Waals surface area contributed by atoms with Gasteiger partial charge in [0, 0.05) is 24.0 Å². The molecule has 10 heteroatoms. The summed E-state index contributed by atoms with van der Waals surface area (Å²) in [7, 11) is 3.50. The van der Waals surface area contributed by atoms with Crippen molar-refractivity contribution in [2.45, 2.75) is 18.6 Å². The number of carbonyl (C=O) groups excluding carboxylic acids is 1. The lowest BCUT2D eigenvalue weighted by molar-refractivity contribution is -0.108. The maximum absolute atomic E-state index is 14.3. The van der Waals surface area contributed by atoms with Crippen LogP contribution in [0.25, 0.3) is 10.9 Å². The molecule has 2 aliphatic heterocycles. The molecule has 3 aromatic rings. The molecule has 3 heterocycles. The molecule has 166 valence electrons. The highest BCUT2D eigenvalue weighted by atomic mass is 19.1. The molecule has 2 fully saturated rings. The summed E-state index contributed by atoms with van der Waals surface area (Å²) in [6.07, 6.45) is 0.892. The first-order valence-electron chi connectivity index (χ1n) is 10.1. The monoisotopic (exact) mass is 439 g/mol. The third kappa shape index (κ3) is 2.98. The summed E-state index contributed by atoms with van der Waals surface area (Å²) in [5.74, 6) is -0.482. The van der Waals surface area contributed by atoms with E-state index in [1.807, 2.05) is 14.0 Å². The highest BCUT2D eigenvalue weighted by Crippen LogP contribution is 2.43. The molecule has 1 spiro atoms. The van der Waals surface area contributed by atoms with Gasteiger partial charge in [-0.05, 0) is 32.2 Å². The van der Waals surface area contributed by atoms with Crippen molar-refractivity contribution in [3.8, 4) is 11.5 Å². The molecule has 9 nitrogen and oxygen atoms in total. The van der Waals surface area contributed by atoms with Gasteiger partial charge in [-0.3, -0.25) is 9.80 Å². The Hall–Kier alpha value is -3.66. The van der Waals surface area contributed by atoms with E-state index in [9.17, 15) is 14.3 Å². The van der Waals surface area contributed by atoms with Crippen molar-refractivity contribution in [2.24, 2.45) is 0 Å². The second kappa shape index (κ2) is 7.20. The molecular formula is C22H22FN5O4. The normalized spacial score (nSPS) is 22.8. The third-order valence-corrected chi connectivity index (χ3v) is 6.33. The molecular weight excluding hydrogens is 417 g/mol. The van der Waals surface area contributed by atoms with E-state index in [1.54, 1.807) is 17.0 Å². The molecule has 1 aromatic heterocycles. The number of nitrogens with one attached hydrogen (secondary N) is 1. The number of benzene rings is 2. The minimum atomic E-state index is -0.791. The summed E-state index contributed by atoms with van der Waals surface area (Å²) in [6, 6.07) is 7.79. The van der Waals surface area contributed by atoms with Crippen LogP contribution in [-0.2, 0) is 4.74 Å². The molecule has 0 radical (unpaired) electrons. The van der Waals surface area contributed by atoms with Crippen molar-refractivity contribution >= 4 is 34.2 Å². The molecule has 2 atom stereocenters. The van der Waals surface area contributed by atoms with Gasteiger partial charge in [-0.25, -0.2) is 19.2 Å². The molecule has 0 aliphatic carbocycles. The van der Waals surface area contributed by atoms with Gasteiger partial charge in [0.15, 0.2) is 17.2 Å². The lowest BCUT2D eigenvalue weighted by Crippen LogP contribution is -2.68. The van der Waals surface area contributed by atoms with E-state index in [2.05, 4.69) is 20.2 Å². The molecule has 0 bridgehead atoms. The van der Waals surface area contributed by atoms with Crippen LogP contribution in [0.5, 0.6) is 11.5 Å². The number of likely N-dealkylation sites (N-methyl/N-ethyl adjacent to an activating group) is 1. The first-order chi connectivity index (χ1) is 15.3. The van der Waals surface area contributed by atoms with Crippen LogP contribution < -0.4 is 15.0 Å². The lowest BCUT2D eigenvalue weighted by Gasteiger charge is -2.50. The fourth-order valence-corrected chi connectivity index (χ4v) is 4.35. The average molecular weight is 439 g/mol. The number of anilines is 3. The molecule has 1 amide bonds. The van der Waals surface area contributed by atoms with Gasteiger partial charge in [-0.15, -0.1) is 0 Å². The number of aromatic hydroxyl groups is 1. The van der Waals surface area contributed by atoms with Gasteiger partial charge < -0.3 is 19.9 Å². The Morgan fingerprint density at radius 3 is 2.84 bits per heavy atom. The lowest BCUT2D eigenvalue weighted by atomic mass is 9.85. The molecule has 5 rings (SSSR count). The first kappa shape index (κ1) is 20.3. The van der Waals surface area contributed by atoms with Crippen LogP contribution in [0.3, 0.4) is 0 Å². The Labute approximate surface area is 183 Å². The number of nitrogens with zero attached hydrogens (tertiary/aromatic N) is 4. The number of hydrogen-bond acceptors (Lipinski definition) is 8. The summed E-state index contributed by atoms with van der Waals surface area (Å²) >= 11 is 0. The number of fused-ring (bicyclic) bond motifs is 1. The number of carbonyl (C=O) groups is 1. The Morgan fingerprint density at radius 1 is 1.31 bits per heavy atom. The maximum Gasteiger partial charge on any atom is 0.415 e. The van der Waals surface area contributed by atoms with E-state index >= 15 is 0 Å². The van der Waals surface area contributed by atoms with Crippen molar-refractivity contribution in [3.63, 3.8) is 0 Å². The predicted molar refractivity (Wildman–Crippen MR) is 116 cm³/mol. The molecule has 2 aromatic carbocycles.